The van der Waals surface area contributed by atoms with Gasteiger partial charge in [0, 0.05) is 71.0 Å². The Bertz CT molecular complexity index is 1070. The Labute approximate surface area is 205 Å². The van der Waals surface area contributed by atoms with Crippen LogP contribution in [0.15, 0.2) is 48.5 Å². The van der Waals surface area contributed by atoms with Crippen LogP contribution >= 0.6 is 0 Å². The van der Waals surface area contributed by atoms with Crippen LogP contribution in [0.25, 0.3) is 0 Å². The van der Waals surface area contributed by atoms with Crippen molar-refractivity contribution in [3.63, 3.8) is 0 Å². The first-order valence-electron chi connectivity index (χ1n) is 12.0. The van der Waals surface area contributed by atoms with Crippen LogP contribution in [0.1, 0.15) is 28.9 Å². The van der Waals surface area contributed by atoms with E-state index in [2.05, 4.69) is 15.1 Å². The summed E-state index contributed by atoms with van der Waals surface area (Å²) in [5.41, 5.74) is 2.38. The summed E-state index contributed by atoms with van der Waals surface area (Å²) in [5, 5.41) is 2.63. The number of carbonyl (C=O) groups is 3. The average molecular weight is 482 g/mol. The quantitative estimate of drug-likeness (QED) is 0.704. The van der Waals surface area contributed by atoms with Crippen LogP contribution < -0.4 is 10.2 Å². The molecule has 0 spiro atoms. The summed E-state index contributed by atoms with van der Waals surface area (Å²) >= 11 is 0. The minimum atomic E-state index is -0.258. The van der Waals surface area contributed by atoms with Crippen molar-refractivity contribution in [2.45, 2.75) is 13.0 Å². The predicted molar refractivity (Wildman–Crippen MR) is 132 cm³/mol. The number of benzene rings is 2. The zero-order valence-corrected chi connectivity index (χ0v) is 20.2. The monoisotopic (exact) mass is 481 g/mol. The lowest BCUT2D eigenvalue weighted by Gasteiger charge is -2.42. The van der Waals surface area contributed by atoms with Crippen molar-refractivity contribution in [3.05, 3.63) is 65.5 Å². The molecule has 35 heavy (non-hydrogen) atoms. The maximum absolute atomic E-state index is 13.2. The summed E-state index contributed by atoms with van der Waals surface area (Å²) < 4.78 is 13.2. The molecule has 8 nitrogen and oxygen atoms in total. The highest BCUT2D eigenvalue weighted by molar-refractivity contribution is 5.94. The zero-order chi connectivity index (χ0) is 24.9. The molecule has 9 heteroatoms. The van der Waals surface area contributed by atoms with Crippen LogP contribution in [-0.2, 0) is 9.59 Å². The van der Waals surface area contributed by atoms with Gasteiger partial charge in [-0.1, -0.05) is 12.1 Å². The van der Waals surface area contributed by atoms with Crippen molar-refractivity contribution in [2.24, 2.45) is 0 Å². The summed E-state index contributed by atoms with van der Waals surface area (Å²) in [7, 11) is 1.59. The van der Waals surface area contributed by atoms with Gasteiger partial charge >= 0.3 is 0 Å². The van der Waals surface area contributed by atoms with Gasteiger partial charge in [0.05, 0.1) is 12.6 Å². The summed E-state index contributed by atoms with van der Waals surface area (Å²) in [6.45, 7) is 6.13. The largest absolute Gasteiger partial charge is 0.368 e. The first-order chi connectivity index (χ1) is 16.9. The average Bonchev–Trinajstić information content (AvgIpc) is 2.88. The van der Waals surface area contributed by atoms with Crippen LogP contribution in [0.2, 0.25) is 0 Å². The molecule has 1 atom stereocenters. The van der Waals surface area contributed by atoms with E-state index in [0.717, 1.165) is 11.3 Å². The van der Waals surface area contributed by atoms with Gasteiger partial charge in [0.15, 0.2) is 0 Å². The van der Waals surface area contributed by atoms with Crippen LogP contribution in [0.4, 0.5) is 10.1 Å². The summed E-state index contributed by atoms with van der Waals surface area (Å²) in [6, 6.07) is 13.5. The van der Waals surface area contributed by atoms with Crippen LogP contribution in [0, 0.1) is 5.82 Å². The van der Waals surface area contributed by atoms with E-state index in [0.29, 0.717) is 51.4 Å². The molecule has 0 bridgehead atoms. The molecule has 2 saturated heterocycles. The van der Waals surface area contributed by atoms with Gasteiger partial charge in [0.25, 0.3) is 5.91 Å². The minimum absolute atomic E-state index is 0.0248. The summed E-state index contributed by atoms with van der Waals surface area (Å²) in [6.07, 6.45) is 0. The van der Waals surface area contributed by atoms with Gasteiger partial charge in [-0.15, -0.1) is 0 Å². The Kier molecular flexibility index (Phi) is 7.65. The van der Waals surface area contributed by atoms with Crippen molar-refractivity contribution in [2.75, 3.05) is 64.3 Å². The molecule has 2 aromatic carbocycles. The number of rotatable bonds is 5. The smallest absolute Gasteiger partial charge is 0.251 e. The van der Waals surface area contributed by atoms with Gasteiger partial charge in [-0.3, -0.25) is 19.3 Å². The van der Waals surface area contributed by atoms with E-state index >= 15 is 0 Å². The van der Waals surface area contributed by atoms with Gasteiger partial charge in [-0.2, -0.15) is 0 Å². The fraction of sp³-hybridized carbons (Fsp3) is 0.423. The van der Waals surface area contributed by atoms with Crippen molar-refractivity contribution in [1.82, 2.24) is 20.0 Å². The van der Waals surface area contributed by atoms with Crippen molar-refractivity contribution < 1.29 is 18.8 Å². The Balaban J connectivity index is 1.38. The highest BCUT2D eigenvalue weighted by atomic mass is 19.1. The third-order valence-electron chi connectivity index (χ3n) is 6.81. The second-order valence-corrected chi connectivity index (χ2v) is 9.01. The Morgan fingerprint density at radius 3 is 2.34 bits per heavy atom. The third-order valence-corrected chi connectivity index (χ3v) is 6.81. The SMILES string of the molecule is CNC(=O)c1cccc(C2CN(CC(=O)N3CCN(c4ccc(F)cc4)CC3)CCN2C(C)=O)c1. The Hall–Kier alpha value is -3.46. The van der Waals surface area contributed by atoms with Crippen molar-refractivity contribution in [3.8, 4) is 0 Å². The van der Waals surface area contributed by atoms with Gasteiger partial charge < -0.3 is 20.0 Å². The molecule has 0 aromatic heterocycles. The second-order valence-electron chi connectivity index (χ2n) is 9.01. The molecule has 2 fully saturated rings. The number of amides is 3. The van der Waals surface area contributed by atoms with Gasteiger partial charge in [0.1, 0.15) is 5.82 Å². The first kappa shape index (κ1) is 24.7. The molecule has 0 radical (unpaired) electrons. The maximum atomic E-state index is 13.2. The number of piperazine rings is 2. The van der Waals surface area contributed by atoms with E-state index in [1.165, 1.54) is 12.1 Å². The summed E-state index contributed by atoms with van der Waals surface area (Å²) in [4.78, 5) is 45.4. The standard InChI is InChI=1S/C26H32FN5O3/c1-19(33)32-15-10-29(17-24(32)20-4-3-5-21(16-20)26(35)28-2)18-25(34)31-13-11-30(12-14-31)23-8-6-22(27)7-9-23/h3-9,16,24H,10-15,17-18H2,1-2H3,(H,28,35). The molecular weight excluding hydrogens is 449 g/mol. The zero-order valence-electron chi connectivity index (χ0n) is 20.2. The van der Waals surface area contributed by atoms with Gasteiger partial charge in [-0.25, -0.2) is 4.39 Å². The van der Waals surface area contributed by atoms with Gasteiger partial charge in [-0.05, 0) is 42.0 Å². The number of hydrogen-bond acceptors (Lipinski definition) is 5. The highest BCUT2D eigenvalue weighted by Gasteiger charge is 2.32. The Morgan fingerprint density at radius 1 is 0.971 bits per heavy atom. The minimum Gasteiger partial charge on any atom is -0.368 e. The topological polar surface area (TPSA) is 76.2 Å². The number of carbonyl (C=O) groups excluding carboxylic acids is 3. The normalized spacial score (nSPS) is 18.9. The molecule has 2 aromatic rings. The third kappa shape index (κ3) is 5.79. The summed E-state index contributed by atoms with van der Waals surface area (Å²) in [5.74, 6) is -0.393. The van der Waals surface area contributed by atoms with Crippen LogP contribution in [0.5, 0.6) is 0 Å². The van der Waals surface area contributed by atoms with Crippen LogP contribution in [-0.4, -0.2) is 91.8 Å². The molecule has 1 N–H and O–H groups in total. The van der Waals surface area contributed by atoms with Crippen molar-refractivity contribution >= 4 is 23.4 Å². The van der Waals surface area contributed by atoms with Crippen molar-refractivity contribution in [1.29, 1.82) is 0 Å². The fourth-order valence-corrected chi connectivity index (χ4v) is 4.83. The van der Waals surface area contributed by atoms with E-state index in [-0.39, 0.29) is 36.1 Å². The lowest BCUT2D eigenvalue weighted by Crippen LogP contribution is -2.55. The first-order valence-corrected chi connectivity index (χ1v) is 12.0. The molecule has 3 amide bonds. The molecule has 0 saturated carbocycles. The molecule has 2 heterocycles. The number of hydrogen-bond donors (Lipinski definition) is 1. The van der Waals surface area contributed by atoms with E-state index in [9.17, 15) is 18.8 Å². The Morgan fingerprint density at radius 2 is 1.69 bits per heavy atom. The lowest BCUT2D eigenvalue weighted by atomic mass is 9.99. The molecule has 2 aliphatic heterocycles. The highest BCUT2D eigenvalue weighted by Crippen LogP contribution is 2.27. The molecule has 186 valence electrons. The number of halogens is 1. The van der Waals surface area contributed by atoms with E-state index in [1.54, 1.807) is 32.2 Å². The van der Waals surface area contributed by atoms with E-state index < -0.39 is 0 Å². The molecule has 4 rings (SSSR count). The fourth-order valence-electron chi connectivity index (χ4n) is 4.83. The molecule has 2 aliphatic rings. The second kappa shape index (κ2) is 10.9. The number of nitrogens with one attached hydrogen (secondary N) is 1. The lowest BCUT2D eigenvalue weighted by molar-refractivity contribution is -0.136. The molecule has 0 aliphatic carbocycles. The van der Waals surface area contributed by atoms with Gasteiger partial charge in [0.2, 0.25) is 11.8 Å². The predicted octanol–water partition coefficient (Wildman–Crippen LogP) is 1.74. The molecule has 1 unspecified atom stereocenters. The number of anilines is 1. The maximum Gasteiger partial charge on any atom is 0.251 e. The van der Waals surface area contributed by atoms with Crippen LogP contribution in [0.3, 0.4) is 0 Å². The number of nitrogens with zero attached hydrogens (tertiary/aromatic N) is 4. The molecular formula is C26H32FN5O3. The van der Waals surface area contributed by atoms with E-state index in [4.69, 9.17) is 0 Å². The van der Waals surface area contributed by atoms with E-state index in [1.807, 2.05) is 28.0 Å².